The second-order valence-electron chi connectivity index (χ2n) is 5.99. The maximum absolute atomic E-state index is 11.5. The summed E-state index contributed by atoms with van der Waals surface area (Å²) >= 11 is -1.92. The second-order valence-corrected chi connectivity index (χ2v) is 6.93. The van der Waals surface area contributed by atoms with Crippen molar-refractivity contribution in [2.75, 3.05) is 0 Å². The molecule has 3 rings (SSSR count). The SMILES string of the molecule is O=S(O)c1cccc2c(C3CCCCCCC3)cccc12.[H-].[Na+]. The Balaban J connectivity index is 0.00000132. The van der Waals surface area contributed by atoms with Crippen molar-refractivity contribution in [3.63, 3.8) is 0 Å². The third kappa shape index (κ3) is 4.01. The van der Waals surface area contributed by atoms with Crippen molar-refractivity contribution < 1.29 is 39.7 Å². The Bertz CT molecular complexity index is 655. The van der Waals surface area contributed by atoms with Crippen LogP contribution in [0, 0.1) is 0 Å². The van der Waals surface area contributed by atoms with E-state index >= 15 is 0 Å². The molecule has 1 atom stereocenters. The van der Waals surface area contributed by atoms with Gasteiger partial charge in [0.2, 0.25) is 0 Å². The van der Waals surface area contributed by atoms with Crippen LogP contribution in [0.2, 0.25) is 0 Å². The van der Waals surface area contributed by atoms with Crippen LogP contribution in [-0.4, -0.2) is 8.76 Å². The number of hydrogen-bond donors (Lipinski definition) is 1. The van der Waals surface area contributed by atoms with Crippen molar-refractivity contribution >= 4 is 21.9 Å². The predicted octanol–water partition coefficient (Wildman–Crippen LogP) is 2.36. The van der Waals surface area contributed by atoms with E-state index in [1.165, 1.54) is 50.5 Å². The van der Waals surface area contributed by atoms with E-state index in [0.29, 0.717) is 10.8 Å². The quantitative estimate of drug-likeness (QED) is 0.679. The van der Waals surface area contributed by atoms with E-state index in [-0.39, 0.29) is 31.0 Å². The third-order valence-corrected chi connectivity index (χ3v) is 5.38. The molecule has 1 N–H and O–H groups in total. The average molecular weight is 326 g/mol. The molecule has 0 amide bonds. The van der Waals surface area contributed by atoms with Gasteiger partial charge in [0.25, 0.3) is 0 Å². The molecule has 2 aromatic rings. The number of hydrogen-bond acceptors (Lipinski definition) is 1. The topological polar surface area (TPSA) is 37.3 Å². The van der Waals surface area contributed by atoms with E-state index in [4.69, 9.17) is 0 Å². The van der Waals surface area contributed by atoms with Gasteiger partial charge in [0.15, 0.2) is 11.1 Å². The molecule has 1 aliphatic rings. The fraction of sp³-hybridized carbons (Fsp3) is 0.444. The van der Waals surface area contributed by atoms with E-state index in [2.05, 4.69) is 12.1 Å². The van der Waals surface area contributed by atoms with E-state index in [9.17, 15) is 8.76 Å². The van der Waals surface area contributed by atoms with Crippen LogP contribution in [0.4, 0.5) is 0 Å². The molecule has 0 saturated heterocycles. The predicted molar refractivity (Wildman–Crippen MR) is 89.2 cm³/mol. The first kappa shape index (κ1) is 18.2. The molecule has 114 valence electrons. The molecular weight excluding hydrogens is 303 g/mol. The Morgan fingerprint density at radius 1 is 0.909 bits per heavy atom. The Kier molecular flexibility index (Phi) is 7.10. The second kappa shape index (κ2) is 8.60. The van der Waals surface area contributed by atoms with Gasteiger partial charge in [-0.2, -0.15) is 0 Å². The van der Waals surface area contributed by atoms with Gasteiger partial charge in [0.05, 0.1) is 4.90 Å². The van der Waals surface area contributed by atoms with Gasteiger partial charge in [0, 0.05) is 5.39 Å². The van der Waals surface area contributed by atoms with Crippen molar-refractivity contribution in [3.05, 3.63) is 42.0 Å². The molecule has 0 aromatic heterocycles. The van der Waals surface area contributed by atoms with Gasteiger partial charge in [-0.3, -0.25) is 0 Å². The number of rotatable bonds is 2. The van der Waals surface area contributed by atoms with Gasteiger partial charge >= 0.3 is 29.6 Å². The van der Waals surface area contributed by atoms with E-state index in [1.54, 1.807) is 6.07 Å². The standard InChI is InChI=1S/C18H22O2S.Na.H/c19-21(20)18-13-7-11-16-15(10-6-12-17(16)18)14-8-4-2-1-3-5-9-14;;/h6-7,10-14H,1-5,8-9H2,(H,19,20);;/q;+1;-1. The molecule has 2 aromatic carbocycles. The summed E-state index contributed by atoms with van der Waals surface area (Å²) in [4.78, 5) is 0.528. The van der Waals surface area contributed by atoms with Gasteiger partial charge in [-0.25, -0.2) is 4.21 Å². The van der Waals surface area contributed by atoms with Gasteiger partial charge < -0.3 is 5.98 Å². The minimum Gasteiger partial charge on any atom is -1.00 e. The summed E-state index contributed by atoms with van der Waals surface area (Å²) in [6.07, 6.45) is 9.13. The van der Waals surface area contributed by atoms with Crippen LogP contribution in [0.5, 0.6) is 0 Å². The van der Waals surface area contributed by atoms with Gasteiger partial charge in [0.1, 0.15) is 0 Å². The van der Waals surface area contributed by atoms with Crippen LogP contribution >= 0.6 is 0 Å². The van der Waals surface area contributed by atoms with Crippen molar-refractivity contribution in [2.45, 2.75) is 55.8 Å². The van der Waals surface area contributed by atoms with Crippen LogP contribution in [0.1, 0.15) is 57.9 Å². The molecule has 0 bridgehead atoms. The minimum atomic E-state index is -1.92. The summed E-state index contributed by atoms with van der Waals surface area (Å²) < 4.78 is 21.0. The molecule has 22 heavy (non-hydrogen) atoms. The summed E-state index contributed by atoms with van der Waals surface area (Å²) in [7, 11) is 0. The van der Waals surface area contributed by atoms with Crippen LogP contribution < -0.4 is 29.6 Å². The summed E-state index contributed by atoms with van der Waals surface area (Å²) in [5.41, 5.74) is 1.36. The van der Waals surface area contributed by atoms with Crippen molar-refractivity contribution in [3.8, 4) is 0 Å². The largest absolute Gasteiger partial charge is 1.00 e. The fourth-order valence-electron chi connectivity index (χ4n) is 3.58. The zero-order valence-corrected chi connectivity index (χ0v) is 16.1. The first-order valence-corrected chi connectivity index (χ1v) is 9.00. The molecule has 1 aliphatic carbocycles. The van der Waals surface area contributed by atoms with E-state index in [1.807, 2.05) is 18.2 Å². The maximum atomic E-state index is 11.5. The average Bonchev–Trinajstić information content (AvgIpc) is 2.46. The van der Waals surface area contributed by atoms with Gasteiger partial charge in [-0.15, -0.1) is 0 Å². The molecule has 1 unspecified atom stereocenters. The van der Waals surface area contributed by atoms with Crippen molar-refractivity contribution in [1.29, 1.82) is 0 Å². The normalized spacial score (nSPS) is 18.2. The van der Waals surface area contributed by atoms with Crippen LogP contribution in [-0.2, 0) is 11.1 Å². The fourth-order valence-corrected chi connectivity index (χ4v) is 4.14. The van der Waals surface area contributed by atoms with Crippen LogP contribution in [0.15, 0.2) is 41.3 Å². The number of fused-ring (bicyclic) bond motifs is 1. The molecule has 1 saturated carbocycles. The molecule has 0 aliphatic heterocycles. The smallest absolute Gasteiger partial charge is 1.00 e. The summed E-state index contributed by atoms with van der Waals surface area (Å²) in [5.74, 6) is 0.594. The summed E-state index contributed by atoms with van der Waals surface area (Å²) in [6, 6.07) is 12.0. The van der Waals surface area contributed by atoms with E-state index < -0.39 is 11.1 Å². The molecule has 4 heteroatoms. The van der Waals surface area contributed by atoms with Crippen LogP contribution in [0.3, 0.4) is 0 Å². The van der Waals surface area contributed by atoms with E-state index in [0.717, 1.165) is 10.8 Å². The van der Waals surface area contributed by atoms with Crippen LogP contribution in [0.25, 0.3) is 10.8 Å². The monoisotopic (exact) mass is 326 g/mol. The first-order valence-electron chi connectivity index (χ1n) is 7.90. The molecule has 0 heterocycles. The maximum Gasteiger partial charge on any atom is 1.00 e. The Morgan fingerprint density at radius 2 is 1.50 bits per heavy atom. The number of benzene rings is 2. The Labute approximate surface area is 158 Å². The minimum absolute atomic E-state index is 0. The molecule has 0 radical (unpaired) electrons. The molecular formula is C18H23NaO2S. The van der Waals surface area contributed by atoms with Gasteiger partial charge in [-0.1, -0.05) is 62.4 Å². The Hall–Kier alpha value is -0.190. The third-order valence-electron chi connectivity index (χ3n) is 4.65. The first-order chi connectivity index (χ1) is 10.3. The van der Waals surface area contributed by atoms with Crippen molar-refractivity contribution in [1.82, 2.24) is 0 Å². The van der Waals surface area contributed by atoms with Crippen molar-refractivity contribution in [2.24, 2.45) is 0 Å². The van der Waals surface area contributed by atoms with Gasteiger partial charge in [-0.05, 0) is 35.8 Å². The molecule has 0 spiro atoms. The Morgan fingerprint density at radius 3 is 2.18 bits per heavy atom. The molecule has 2 nitrogen and oxygen atoms in total. The summed E-state index contributed by atoms with van der Waals surface area (Å²) in [6.45, 7) is 0. The molecule has 1 fully saturated rings. The summed E-state index contributed by atoms with van der Waals surface area (Å²) in [5, 5.41) is 2.08. The zero-order valence-electron chi connectivity index (χ0n) is 14.3. The zero-order chi connectivity index (χ0) is 14.7.